The van der Waals surface area contributed by atoms with E-state index >= 15 is 0 Å². The van der Waals surface area contributed by atoms with Gasteiger partial charge in [0.05, 0.1) is 0 Å². The van der Waals surface area contributed by atoms with Crippen molar-refractivity contribution in [3.8, 4) is 0 Å². The van der Waals surface area contributed by atoms with Crippen LogP contribution >= 0.6 is 0 Å². The molecule has 1 saturated heterocycles. The summed E-state index contributed by atoms with van der Waals surface area (Å²) in [6, 6.07) is 0. The zero-order valence-corrected chi connectivity index (χ0v) is 11.9. The molecule has 0 aliphatic carbocycles. The summed E-state index contributed by atoms with van der Waals surface area (Å²) in [6.07, 6.45) is 1.69. The van der Waals surface area contributed by atoms with Crippen molar-refractivity contribution >= 4 is 14.3 Å². The van der Waals surface area contributed by atoms with E-state index in [0.717, 1.165) is 0 Å². The zero-order valence-electron chi connectivity index (χ0n) is 10.9. The van der Waals surface area contributed by atoms with Crippen LogP contribution < -0.4 is 0 Å². The van der Waals surface area contributed by atoms with E-state index in [1.807, 2.05) is 0 Å². The number of carbonyl (C=O) groups is 1. The van der Waals surface area contributed by atoms with Gasteiger partial charge >= 0.3 is 5.97 Å². The monoisotopic (exact) mass is 242 g/mol. The van der Waals surface area contributed by atoms with Crippen molar-refractivity contribution < 1.29 is 14.0 Å². The summed E-state index contributed by atoms with van der Waals surface area (Å²) in [6.45, 7) is 14.4. The summed E-state index contributed by atoms with van der Waals surface area (Å²) in [5.74, 6) is -0.241. The number of hydrogen-bond donors (Lipinski definition) is 0. The molecule has 1 aliphatic heterocycles. The Bertz CT molecular complexity index is 291. The summed E-state index contributed by atoms with van der Waals surface area (Å²) in [5, 5.41) is 0.111. The Morgan fingerprint density at radius 2 is 2.06 bits per heavy atom. The van der Waals surface area contributed by atoms with Crippen molar-refractivity contribution in [2.24, 2.45) is 0 Å². The predicted molar refractivity (Wildman–Crippen MR) is 66.8 cm³/mol. The predicted octanol–water partition coefficient (Wildman–Crippen LogP) is 2.88. The number of carbonyl (C=O) groups excluding carboxylic acids is 1. The van der Waals surface area contributed by atoms with Crippen molar-refractivity contribution in [2.75, 3.05) is 0 Å². The molecule has 0 unspecified atom stereocenters. The van der Waals surface area contributed by atoms with Gasteiger partial charge in [0.25, 0.3) is 0 Å². The molecule has 0 aromatic carbocycles. The Balaban J connectivity index is 2.68. The molecule has 0 aromatic rings. The average molecular weight is 242 g/mol. The van der Waals surface area contributed by atoms with Crippen molar-refractivity contribution in [1.82, 2.24) is 0 Å². The van der Waals surface area contributed by atoms with E-state index in [1.165, 1.54) is 0 Å². The largest absolute Gasteiger partial charge is 0.456 e. The maximum atomic E-state index is 11.6. The van der Waals surface area contributed by atoms with Crippen LogP contribution in [0, 0.1) is 0 Å². The SMILES string of the molecule is C=C[C@@H]1C[C@H](O[Si](C)(C)C(C)(C)C)C(=O)O1. The molecule has 3 nitrogen and oxygen atoms in total. The quantitative estimate of drug-likeness (QED) is 0.434. The standard InChI is InChI=1S/C12H22O3Si/c1-7-9-8-10(11(13)14-9)15-16(5,6)12(2,3)4/h7,9-10H,1,8H2,2-6H3/t9-,10+/m1/s1. The third kappa shape index (κ3) is 2.74. The topological polar surface area (TPSA) is 35.5 Å². The van der Waals surface area contributed by atoms with Crippen LogP contribution in [0.4, 0.5) is 0 Å². The maximum Gasteiger partial charge on any atom is 0.334 e. The van der Waals surface area contributed by atoms with Gasteiger partial charge in [0.15, 0.2) is 8.32 Å². The van der Waals surface area contributed by atoms with Crippen molar-refractivity contribution in [3.63, 3.8) is 0 Å². The van der Waals surface area contributed by atoms with Crippen molar-refractivity contribution in [2.45, 2.75) is 57.5 Å². The molecule has 0 spiro atoms. The third-order valence-electron chi connectivity index (χ3n) is 3.48. The number of hydrogen-bond acceptors (Lipinski definition) is 3. The summed E-state index contributed by atoms with van der Waals surface area (Å²) in [5.41, 5.74) is 0. The molecular formula is C12H22O3Si. The summed E-state index contributed by atoms with van der Waals surface area (Å²) in [4.78, 5) is 11.6. The second-order valence-corrected chi connectivity index (χ2v) is 10.6. The molecule has 0 saturated carbocycles. The zero-order chi connectivity index (χ0) is 12.6. The molecule has 0 amide bonds. The second kappa shape index (κ2) is 4.34. The number of cyclic esters (lactones) is 1. The van der Waals surface area contributed by atoms with E-state index < -0.39 is 14.4 Å². The van der Waals surface area contributed by atoms with Gasteiger partial charge in [-0.3, -0.25) is 0 Å². The molecule has 0 bridgehead atoms. The first-order valence-corrected chi connectivity index (χ1v) is 8.59. The van der Waals surface area contributed by atoms with Crippen LogP contribution in [0.25, 0.3) is 0 Å². The number of ether oxygens (including phenoxy) is 1. The van der Waals surface area contributed by atoms with Crippen molar-refractivity contribution in [1.29, 1.82) is 0 Å². The molecule has 1 heterocycles. The fourth-order valence-electron chi connectivity index (χ4n) is 1.35. The first kappa shape index (κ1) is 13.5. The van der Waals surface area contributed by atoms with Gasteiger partial charge in [-0.15, -0.1) is 0 Å². The second-order valence-electron chi connectivity index (χ2n) is 5.81. The highest BCUT2D eigenvalue weighted by Crippen LogP contribution is 2.38. The van der Waals surface area contributed by atoms with Gasteiger partial charge in [-0.25, -0.2) is 4.79 Å². The minimum Gasteiger partial charge on any atom is -0.456 e. The Kier molecular flexibility index (Phi) is 3.64. The van der Waals surface area contributed by atoms with E-state index in [4.69, 9.17) is 9.16 Å². The lowest BCUT2D eigenvalue weighted by atomic mass is 10.2. The third-order valence-corrected chi connectivity index (χ3v) is 7.97. The Hall–Kier alpha value is -0.613. The lowest BCUT2D eigenvalue weighted by Crippen LogP contribution is -2.45. The fraction of sp³-hybridized carbons (Fsp3) is 0.750. The first-order valence-electron chi connectivity index (χ1n) is 5.68. The average Bonchev–Trinajstić information content (AvgIpc) is 2.44. The van der Waals surface area contributed by atoms with Gasteiger partial charge < -0.3 is 9.16 Å². The lowest BCUT2D eigenvalue weighted by molar-refractivity contribution is -0.145. The van der Waals surface area contributed by atoms with Crippen LogP contribution in [0.5, 0.6) is 0 Å². The van der Waals surface area contributed by atoms with Gasteiger partial charge in [0.2, 0.25) is 0 Å². The molecule has 1 fully saturated rings. The van der Waals surface area contributed by atoms with E-state index in [1.54, 1.807) is 6.08 Å². The molecule has 0 radical (unpaired) electrons. The summed E-state index contributed by atoms with van der Waals surface area (Å²) in [7, 11) is -1.89. The van der Waals surface area contributed by atoms with Gasteiger partial charge in [-0.05, 0) is 18.1 Å². The molecular weight excluding hydrogens is 220 g/mol. The summed E-state index contributed by atoms with van der Waals surface area (Å²) >= 11 is 0. The molecule has 0 aromatic heterocycles. The molecule has 1 rings (SSSR count). The maximum absolute atomic E-state index is 11.6. The van der Waals surface area contributed by atoms with Crippen LogP contribution in [0.3, 0.4) is 0 Å². The first-order chi connectivity index (χ1) is 7.17. The van der Waals surface area contributed by atoms with Gasteiger partial charge in [0.1, 0.15) is 12.2 Å². The highest BCUT2D eigenvalue weighted by Gasteiger charge is 2.44. The minimum absolute atomic E-state index is 0.111. The minimum atomic E-state index is -1.89. The van der Waals surface area contributed by atoms with Crippen LogP contribution in [0.1, 0.15) is 27.2 Å². The van der Waals surface area contributed by atoms with Crippen LogP contribution in [-0.2, 0) is 14.0 Å². The fourth-order valence-corrected chi connectivity index (χ4v) is 2.61. The van der Waals surface area contributed by atoms with E-state index in [9.17, 15) is 4.79 Å². The van der Waals surface area contributed by atoms with E-state index in [2.05, 4.69) is 40.4 Å². The van der Waals surface area contributed by atoms with Gasteiger partial charge in [-0.1, -0.05) is 33.4 Å². The Morgan fingerprint density at radius 1 is 1.50 bits per heavy atom. The normalized spacial score (nSPS) is 26.7. The Morgan fingerprint density at radius 3 is 2.44 bits per heavy atom. The molecule has 4 heteroatoms. The van der Waals surface area contributed by atoms with Crippen LogP contribution in [-0.4, -0.2) is 26.5 Å². The molecule has 2 atom stereocenters. The van der Waals surface area contributed by atoms with E-state index in [0.29, 0.717) is 6.42 Å². The smallest absolute Gasteiger partial charge is 0.334 e. The molecule has 0 N–H and O–H groups in total. The highest BCUT2D eigenvalue weighted by atomic mass is 28.4. The number of esters is 1. The molecule has 92 valence electrons. The summed E-state index contributed by atoms with van der Waals surface area (Å²) < 4.78 is 11.1. The van der Waals surface area contributed by atoms with Crippen LogP contribution in [0.15, 0.2) is 12.7 Å². The highest BCUT2D eigenvalue weighted by molar-refractivity contribution is 6.74. The van der Waals surface area contributed by atoms with Crippen molar-refractivity contribution in [3.05, 3.63) is 12.7 Å². The van der Waals surface area contributed by atoms with Gasteiger partial charge in [-0.2, -0.15) is 0 Å². The lowest BCUT2D eigenvalue weighted by Gasteiger charge is -2.37. The van der Waals surface area contributed by atoms with Crippen LogP contribution in [0.2, 0.25) is 18.1 Å². The van der Waals surface area contributed by atoms with Gasteiger partial charge in [0, 0.05) is 6.42 Å². The Labute approximate surface area is 99.0 Å². The molecule has 1 aliphatic rings. The van der Waals surface area contributed by atoms with E-state index in [-0.39, 0.29) is 17.1 Å². The molecule has 16 heavy (non-hydrogen) atoms. The number of rotatable bonds is 3.